The van der Waals surface area contributed by atoms with Crippen LogP contribution in [0.3, 0.4) is 0 Å². The summed E-state index contributed by atoms with van der Waals surface area (Å²) in [6.45, 7) is 0. The summed E-state index contributed by atoms with van der Waals surface area (Å²) in [4.78, 5) is 14.6. The van der Waals surface area contributed by atoms with Gasteiger partial charge in [-0.2, -0.15) is 4.98 Å². The maximum Gasteiger partial charge on any atom is 0.377 e. The molecule has 1 unspecified atom stereocenters. The van der Waals surface area contributed by atoms with Gasteiger partial charge in [-0.25, -0.2) is 4.79 Å². The van der Waals surface area contributed by atoms with Gasteiger partial charge in [0.05, 0.1) is 0 Å². The number of carboxylic acids is 1. The van der Waals surface area contributed by atoms with Crippen LogP contribution in [0.2, 0.25) is 0 Å². The predicted octanol–water partition coefficient (Wildman–Crippen LogP) is 2.21. The van der Waals surface area contributed by atoms with E-state index in [1.807, 2.05) is 0 Å². The van der Waals surface area contributed by atoms with Gasteiger partial charge >= 0.3 is 5.97 Å². The van der Waals surface area contributed by atoms with Gasteiger partial charge in [0, 0.05) is 5.92 Å². The molecule has 2 aliphatic carbocycles. The van der Waals surface area contributed by atoms with E-state index in [1.54, 1.807) is 0 Å². The molecule has 1 N–H and O–H groups in total. The van der Waals surface area contributed by atoms with Gasteiger partial charge in [0.15, 0.2) is 0 Å². The Labute approximate surface area is 92.8 Å². The highest BCUT2D eigenvalue weighted by Gasteiger charge is 2.47. The zero-order chi connectivity index (χ0) is 11.2. The van der Waals surface area contributed by atoms with E-state index in [1.165, 1.54) is 25.7 Å². The van der Waals surface area contributed by atoms with Crippen molar-refractivity contribution in [3.05, 3.63) is 11.7 Å². The highest BCUT2D eigenvalue weighted by molar-refractivity contribution is 5.82. The average molecular weight is 222 g/mol. The summed E-state index contributed by atoms with van der Waals surface area (Å²) in [5, 5.41) is 12.2. The lowest BCUT2D eigenvalue weighted by Crippen LogP contribution is -2.15. The molecule has 16 heavy (non-hydrogen) atoms. The maximum atomic E-state index is 10.7. The lowest BCUT2D eigenvalue weighted by Gasteiger charge is -2.26. The summed E-state index contributed by atoms with van der Waals surface area (Å²) in [6.07, 6.45) is 7.25. The monoisotopic (exact) mass is 222 g/mol. The Morgan fingerprint density at radius 3 is 2.88 bits per heavy atom. The van der Waals surface area contributed by atoms with Crippen molar-refractivity contribution in [3.8, 4) is 0 Å². The number of carboxylic acid groups (broad SMARTS) is 1. The molecule has 1 aromatic heterocycles. The lowest BCUT2D eigenvalue weighted by atomic mass is 9.79. The molecule has 5 heteroatoms. The number of hydrogen-bond donors (Lipinski definition) is 1. The first-order chi connectivity index (χ1) is 7.69. The number of aromatic carboxylic acids is 1. The average Bonchev–Trinajstić information content (AvgIpc) is 2.85. The Bertz CT molecular complexity index is 423. The van der Waals surface area contributed by atoms with Crippen LogP contribution in [0, 0.1) is 5.41 Å². The summed E-state index contributed by atoms with van der Waals surface area (Å²) in [7, 11) is 0. The van der Waals surface area contributed by atoms with Crippen LogP contribution < -0.4 is 0 Å². The van der Waals surface area contributed by atoms with Crippen LogP contribution in [-0.4, -0.2) is 21.2 Å². The maximum absolute atomic E-state index is 10.7. The number of aromatic nitrogens is 2. The molecular formula is C11H14N2O3. The van der Waals surface area contributed by atoms with Gasteiger partial charge in [-0.3, -0.25) is 0 Å². The molecule has 2 aliphatic rings. The second kappa shape index (κ2) is 3.30. The van der Waals surface area contributed by atoms with Crippen molar-refractivity contribution in [3.63, 3.8) is 0 Å². The zero-order valence-corrected chi connectivity index (χ0v) is 8.98. The molecule has 0 aromatic carbocycles. The van der Waals surface area contributed by atoms with Crippen LogP contribution >= 0.6 is 0 Å². The fourth-order valence-corrected chi connectivity index (χ4v) is 2.78. The van der Waals surface area contributed by atoms with Gasteiger partial charge in [-0.05, 0) is 42.7 Å². The van der Waals surface area contributed by atoms with E-state index in [0.717, 1.165) is 12.8 Å². The topological polar surface area (TPSA) is 76.2 Å². The van der Waals surface area contributed by atoms with E-state index >= 15 is 0 Å². The molecule has 86 valence electrons. The van der Waals surface area contributed by atoms with Crippen LogP contribution in [0.25, 0.3) is 0 Å². The highest BCUT2D eigenvalue weighted by atomic mass is 16.5. The summed E-state index contributed by atoms with van der Waals surface area (Å²) in [5.74, 6) is -0.544. The molecule has 2 fully saturated rings. The number of carbonyl (C=O) groups is 1. The number of nitrogens with zero attached hydrogens (tertiary/aromatic N) is 2. The second-order valence-corrected chi connectivity index (χ2v) is 5.05. The molecule has 0 amide bonds. The molecular weight excluding hydrogens is 208 g/mol. The Morgan fingerprint density at radius 2 is 2.25 bits per heavy atom. The van der Waals surface area contributed by atoms with Crippen LogP contribution in [-0.2, 0) is 0 Å². The van der Waals surface area contributed by atoms with Gasteiger partial charge in [0.25, 0.3) is 5.82 Å². The first kappa shape index (κ1) is 9.81. The molecule has 1 spiro atoms. The largest absolute Gasteiger partial charge is 0.475 e. The van der Waals surface area contributed by atoms with E-state index in [0.29, 0.717) is 11.3 Å². The van der Waals surface area contributed by atoms with E-state index in [4.69, 9.17) is 9.63 Å². The SMILES string of the molecule is O=C(O)c1noc(C2CCCC3(CC3)C2)n1. The third kappa shape index (κ3) is 1.60. The fraction of sp³-hybridized carbons (Fsp3) is 0.727. The minimum atomic E-state index is -1.12. The number of rotatable bonds is 2. The van der Waals surface area contributed by atoms with Crippen molar-refractivity contribution in [2.75, 3.05) is 0 Å². The van der Waals surface area contributed by atoms with Gasteiger partial charge in [-0.1, -0.05) is 6.42 Å². The molecule has 0 aliphatic heterocycles. The first-order valence-electron chi connectivity index (χ1n) is 5.75. The summed E-state index contributed by atoms with van der Waals surface area (Å²) in [6, 6.07) is 0. The smallest absolute Gasteiger partial charge is 0.377 e. The molecule has 0 saturated heterocycles. The van der Waals surface area contributed by atoms with E-state index in [2.05, 4.69) is 10.1 Å². The molecule has 1 aromatic rings. The Kier molecular flexibility index (Phi) is 2.02. The van der Waals surface area contributed by atoms with Crippen molar-refractivity contribution in [1.82, 2.24) is 10.1 Å². The molecule has 3 rings (SSSR count). The number of hydrogen-bond acceptors (Lipinski definition) is 4. The van der Waals surface area contributed by atoms with Crippen molar-refractivity contribution >= 4 is 5.97 Å². The van der Waals surface area contributed by atoms with Gasteiger partial charge in [-0.15, -0.1) is 0 Å². The van der Waals surface area contributed by atoms with Crippen LogP contribution in [0.15, 0.2) is 4.52 Å². The molecule has 1 atom stereocenters. The summed E-state index contributed by atoms with van der Waals surface area (Å²) >= 11 is 0. The van der Waals surface area contributed by atoms with Crippen molar-refractivity contribution < 1.29 is 14.4 Å². The van der Waals surface area contributed by atoms with Crippen molar-refractivity contribution in [2.24, 2.45) is 5.41 Å². The van der Waals surface area contributed by atoms with E-state index in [9.17, 15) is 4.79 Å². The van der Waals surface area contributed by atoms with Crippen molar-refractivity contribution in [1.29, 1.82) is 0 Å². The molecule has 5 nitrogen and oxygen atoms in total. The van der Waals surface area contributed by atoms with Crippen LogP contribution in [0.4, 0.5) is 0 Å². The summed E-state index contributed by atoms with van der Waals surface area (Å²) in [5.41, 5.74) is 0.529. The van der Waals surface area contributed by atoms with Crippen LogP contribution in [0.5, 0.6) is 0 Å². The summed E-state index contributed by atoms with van der Waals surface area (Å²) < 4.78 is 5.04. The Hall–Kier alpha value is -1.39. The minimum Gasteiger partial charge on any atom is -0.475 e. The van der Waals surface area contributed by atoms with E-state index < -0.39 is 5.97 Å². The highest BCUT2D eigenvalue weighted by Crippen LogP contribution is 2.59. The minimum absolute atomic E-state index is 0.217. The third-order valence-corrected chi connectivity index (χ3v) is 3.88. The zero-order valence-electron chi connectivity index (χ0n) is 8.98. The first-order valence-corrected chi connectivity index (χ1v) is 5.75. The fourth-order valence-electron chi connectivity index (χ4n) is 2.78. The second-order valence-electron chi connectivity index (χ2n) is 5.05. The quantitative estimate of drug-likeness (QED) is 0.830. The third-order valence-electron chi connectivity index (χ3n) is 3.88. The normalized spacial score (nSPS) is 26.9. The van der Waals surface area contributed by atoms with Crippen LogP contribution in [0.1, 0.15) is 61.0 Å². The standard InChI is InChI=1S/C11H14N2O3/c14-10(15)8-12-9(16-13-8)7-2-1-3-11(6-7)4-5-11/h7H,1-6H2,(H,14,15). The van der Waals surface area contributed by atoms with Gasteiger partial charge in [0.1, 0.15) is 0 Å². The van der Waals surface area contributed by atoms with Gasteiger partial charge in [0.2, 0.25) is 5.89 Å². The molecule has 1 heterocycles. The Morgan fingerprint density at radius 1 is 1.44 bits per heavy atom. The van der Waals surface area contributed by atoms with E-state index in [-0.39, 0.29) is 11.7 Å². The van der Waals surface area contributed by atoms with Crippen molar-refractivity contribution in [2.45, 2.75) is 44.4 Å². The lowest BCUT2D eigenvalue weighted by molar-refractivity contribution is 0.0680. The molecule has 0 bridgehead atoms. The predicted molar refractivity (Wildman–Crippen MR) is 54.1 cm³/mol. The molecule has 2 saturated carbocycles. The van der Waals surface area contributed by atoms with Gasteiger partial charge < -0.3 is 9.63 Å². The molecule has 0 radical (unpaired) electrons. The Balaban J connectivity index is 1.78.